The Morgan fingerprint density at radius 3 is 2.70 bits per heavy atom. The van der Waals surface area contributed by atoms with Gasteiger partial charge in [-0.3, -0.25) is 0 Å². The molecule has 110 valence electrons. The molecule has 0 atom stereocenters. The van der Waals surface area contributed by atoms with Crippen molar-refractivity contribution < 1.29 is 4.79 Å². The zero-order valence-corrected chi connectivity index (χ0v) is 12.5. The fourth-order valence-electron chi connectivity index (χ4n) is 2.58. The number of piperidine rings is 1. The highest BCUT2D eigenvalue weighted by atomic mass is 16.2. The number of nitrogens with two attached hydrogens (primary N) is 1. The van der Waals surface area contributed by atoms with Crippen LogP contribution in [0.1, 0.15) is 38.7 Å². The fraction of sp³-hybridized carbons (Fsp3) is 0.562. The van der Waals surface area contributed by atoms with Crippen molar-refractivity contribution >= 4 is 11.7 Å². The molecule has 1 aliphatic rings. The minimum absolute atomic E-state index is 0.00248. The van der Waals surface area contributed by atoms with Crippen LogP contribution in [-0.4, -0.2) is 24.0 Å². The highest BCUT2D eigenvalue weighted by molar-refractivity contribution is 5.89. The summed E-state index contributed by atoms with van der Waals surface area (Å²) in [7, 11) is 0. The molecule has 0 spiro atoms. The van der Waals surface area contributed by atoms with Crippen LogP contribution in [0.25, 0.3) is 0 Å². The Morgan fingerprint density at radius 1 is 1.40 bits per heavy atom. The summed E-state index contributed by atoms with van der Waals surface area (Å²) < 4.78 is 0. The van der Waals surface area contributed by atoms with Crippen molar-refractivity contribution in [3.8, 4) is 0 Å². The van der Waals surface area contributed by atoms with E-state index in [4.69, 9.17) is 5.73 Å². The fourth-order valence-corrected chi connectivity index (χ4v) is 2.58. The number of rotatable bonds is 3. The summed E-state index contributed by atoms with van der Waals surface area (Å²) in [5.74, 6) is 0. The second kappa shape index (κ2) is 6.27. The predicted octanol–water partition coefficient (Wildman–Crippen LogP) is 3.19. The minimum Gasteiger partial charge on any atom is -0.326 e. The molecule has 0 radical (unpaired) electrons. The number of carbonyl (C=O) groups is 1. The topological polar surface area (TPSA) is 58.4 Å². The van der Waals surface area contributed by atoms with Gasteiger partial charge in [-0.15, -0.1) is 0 Å². The number of hydrogen-bond acceptors (Lipinski definition) is 2. The third-order valence-corrected chi connectivity index (χ3v) is 4.53. The molecule has 1 heterocycles. The Morgan fingerprint density at radius 2 is 2.10 bits per heavy atom. The van der Waals surface area contributed by atoms with Crippen molar-refractivity contribution in [2.75, 3.05) is 18.4 Å². The van der Waals surface area contributed by atoms with Crippen molar-refractivity contribution in [3.05, 3.63) is 29.8 Å². The number of hydrogen-bond donors (Lipinski definition) is 2. The molecule has 3 N–H and O–H groups in total. The van der Waals surface area contributed by atoms with Crippen LogP contribution in [-0.2, 0) is 6.54 Å². The highest BCUT2D eigenvalue weighted by Crippen LogP contribution is 2.34. The number of benzene rings is 1. The largest absolute Gasteiger partial charge is 0.326 e. The van der Waals surface area contributed by atoms with E-state index in [9.17, 15) is 4.79 Å². The maximum atomic E-state index is 12.3. The van der Waals surface area contributed by atoms with Gasteiger partial charge in [0.15, 0.2) is 0 Å². The highest BCUT2D eigenvalue weighted by Gasteiger charge is 2.30. The monoisotopic (exact) mass is 275 g/mol. The van der Waals surface area contributed by atoms with Gasteiger partial charge in [-0.1, -0.05) is 32.4 Å². The van der Waals surface area contributed by atoms with Crippen LogP contribution in [0.15, 0.2) is 24.3 Å². The Hall–Kier alpha value is -1.55. The molecule has 0 bridgehead atoms. The van der Waals surface area contributed by atoms with Crippen LogP contribution in [0.5, 0.6) is 0 Å². The quantitative estimate of drug-likeness (QED) is 0.890. The Balaban J connectivity index is 1.92. The molecule has 20 heavy (non-hydrogen) atoms. The van der Waals surface area contributed by atoms with Crippen LogP contribution in [0.2, 0.25) is 0 Å². The van der Waals surface area contributed by atoms with Crippen molar-refractivity contribution in [2.24, 2.45) is 11.1 Å². The summed E-state index contributed by atoms with van der Waals surface area (Å²) in [5, 5.41) is 2.96. The summed E-state index contributed by atoms with van der Waals surface area (Å²) in [6, 6.07) is 7.71. The van der Waals surface area contributed by atoms with E-state index in [0.717, 1.165) is 37.2 Å². The van der Waals surface area contributed by atoms with E-state index in [0.29, 0.717) is 12.0 Å². The Bertz CT molecular complexity index is 465. The normalized spacial score (nSPS) is 17.9. The molecule has 2 amide bonds. The van der Waals surface area contributed by atoms with E-state index in [1.54, 1.807) is 0 Å². The van der Waals surface area contributed by atoms with Gasteiger partial charge in [-0.05, 0) is 36.0 Å². The van der Waals surface area contributed by atoms with E-state index in [1.807, 2.05) is 29.2 Å². The molecular formula is C16H25N3O. The van der Waals surface area contributed by atoms with Crippen molar-refractivity contribution in [3.63, 3.8) is 0 Å². The molecule has 1 aromatic rings. The average Bonchev–Trinajstić information content (AvgIpc) is 2.48. The summed E-state index contributed by atoms with van der Waals surface area (Å²) in [6.07, 6.45) is 3.35. The van der Waals surface area contributed by atoms with Gasteiger partial charge in [0.25, 0.3) is 0 Å². The van der Waals surface area contributed by atoms with Crippen LogP contribution >= 0.6 is 0 Å². The summed E-state index contributed by atoms with van der Waals surface area (Å²) in [6.45, 7) is 6.71. The average molecular weight is 275 g/mol. The number of nitrogens with one attached hydrogen (secondary N) is 1. The number of urea groups is 1. The lowest BCUT2D eigenvalue weighted by Gasteiger charge is -2.38. The first-order valence-corrected chi connectivity index (χ1v) is 7.41. The number of nitrogens with zero attached hydrogens (tertiary/aromatic N) is 1. The second-order valence-corrected chi connectivity index (χ2v) is 5.99. The van der Waals surface area contributed by atoms with Crippen molar-refractivity contribution in [2.45, 2.75) is 39.7 Å². The Labute approximate surface area is 121 Å². The van der Waals surface area contributed by atoms with E-state index in [2.05, 4.69) is 19.2 Å². The molecule has 1 aliphatic heterocycles. The van der Waals surface area contributed by atoms with E-state index in [-0.39, 0.29) is 6.03 Å². The van der Waals surface area contributed by atoms with Crippen LogP contribution < -0.4 is 11.1 Å². The molecule has 1 fully saturated rings. The van der Waals surface area contributed by atoms with Gasteiger partial charge in [0.05, 0.1) is 0 Å². The zero-order chi connectivity index (χ0) is 14.6. The first kappa shape index (κ1) is 14.9. The maximum Gasteiger partial charge on any atom is 0.321 e. The summed E-state index contributed by atoms with van der Waals surface area (Å²) in [4.78, 5) is 14.2. The number of anilines is 1. The summed E-state index contributed by atoms with van der Waals surface area (Å²) in [5.41, 5.74) is 7.86. The van der Waals surface area contributed by atoms with Gasteiger partial charge < -0.3 is 16.0 Å². The second-order valence-electron chi connectivity index (χ2n) is 5.99. The number of amides is 2. The van der Waals surface area contributed by atoms with Gasteiger partial charge in [-0.2, -0.15) is 0 Å². The van der Waals surface area contributed by atoms with Crippen LogP contribution in [0.3, 0.4) is 0 Å². The first-order chi connectivity index (χ1) is 9.56. The number of likely N-dealkylation sites (tertiary alicyclic amines) is 1. The molecule has 0 aromatic heterocycles. The molecule has 4 heteroatoms. The third kappa shape index (κ3) is 3.51. The SMILES string of the molecule is CCC1(C)CCN(C(=O)Nc2cccc(CN)c2)CC1. The predicted molar refractivity (Wildman–Crippen MR) is 82.6 cm³/mol. The first-order valence-electron chi connectivity index (χ1n) is 7.41. The van der Waals surface area contributed by atoms with Gasteiger partial charge in [0.1, 0.15) is 0 Å². The van der Waals surface area contributed by atoms with Gasteiger partial charge in [0.2, 0.25) is 0 Å². The van der Waals surface area contributed by atoms with E-state index in [1.165, 1.54) is 6.42 Å². The van der Waals surface area contributed by atoms with Gasteiger partial charge in [-0.25, -0.2) is 4.79 Å². The molecule has 0 aliphatic carbocycles. The van der Waals surface area contributed by atoms with Gasteiger partial charge >= 0.3 is 6.03 Å². The van der Waals surface area contributed by atoms with Crippen LogP contribution in [0, 0.1) is 5.41 Å². The van der Waals surface area contributed by atoms with Crippen LogP contribution in [0.4, 0.5) is 10.5 Å². The third-order valence-electron chi connectivity index (χ3n) is 4.53. The standard InChI is InChI=1S/C16H25N3O/c1-3-16(2)7-9-19(10-8-16)15(20)18-14-6-4-5-13(11-14)12-17/h4-6,11H,3,7-10,12,17H2,1-2H3,(H,18,20). The molecule has 1 aromatic carbocycles. The molecular weight excluding hydrogens is 250 g/mol. The maximum absolute atomic E-state index is 12.3. The van der Waals surface area contributed by atoms with E-state index >= 15 is 0 Å². The molecule has 4 nitrogen and oxygen atoms in total. The Kier molecular flexibility index (Phi) is 4.65. The minimum atomic E-state index is -0.00248. The van der Waals surface area contributed by atoms with E-state index < -0.39 is 0 Å². The molecule has 2 rings (SSSR count). The van der Waals surface area contributed by atoms with Crippen molar-refractivity contribution in [1.29, 1.82) is 0 Å². The molecule has 0 saturated carbocycles. The van der Waals surface area contributed by atoms with Gasteiger partial charge in [0, 0.05) is 25.3 Å². The lowest BCUT2D eigenvalue weighted by Crippen LogP contribution is -2.43. The zero-order valence-electron chi connectivity index (χ0n) is 12.5. The lowest BCUT2D eigenvalue weighted by atomic mass is 9.78. The molecule has 1 saturated heterocycles. The summed E-state index contributed by atoms with van der Waals surface area (Å²) >= 11 is 0. The van der Waals surface area contributed by atoms with Crippen molar-refractivity contribution in [1.82, 2.24) is 4.90 Å². The smallest absolute Gasteiger partial charge is 0.321 e. The lowest BCUT2D eigenvalue weighted by molar-refractivity contribution is 0.133. The number of carbonyl (C=O) groups excluding carboxylic acids is 1. The molecule has 0 unspecified atom stereocenters.